The molecule has 0 bridgehead atoms. The normalized spacial score (nSPS) is 14.8. The van der Waals surface area contributed by atoms with Crippen molar-refractivity contribution >= 4 is 28.4 Å². The third-order valence-corrected chi connectivity index (χ3v) is 6.84. The SMILES string of the molecule is CC(C)(CN1CCOCC1)NC(=O)c1ccc2c(c1)c(-c1ccccc1Cl)cn2-c1ccc(F)cc1. The lowest BCUT2D eigenvalue weighted by Gasteiger charge is -2.35. The van der Waals surface area contributed by atoms with Crippen LogP contribution in [0.1, 0.15) is 24.2 Å². The van der Waals surface area contributed by atoms with Crippen molar-refractivity contribution < 1.29 is 13.9 Å². The molecule has 4 aromatic rings. The Balaban J connectivity index is 1.52. The summed E-state index contributed by atoms with van der Waals surface area (Å²) in [6, 6.07) is 19.7. The van der Waals surface area contributed by atoms with Crippen LogP contribution in [0.5, 0.6) is 0 Å². The number of fused-ring (bicyclic) bond motifs is 1. The number of hydrogen-bond acceptors (Lipinski definition) is 3. The van der Waals surface area contributed by atoms with E-state index in [9.17, 15) is 9.18 Å². The van der Waals surface area contributed by atoms with Crippen LogP contribution in [0.15, 0.2) is 72.9 Å². The highest BCUT2D eigenvalue weighted by atomic mass is 35.5. The number of nitrogens with zero attached hydrogens (tertiary/aromatic N) is 2. The van der Waals surface area contributed by atoms with Crippen LogP contribution in [0.2, 0.25) is 5.02 Å². The zero-order valence-electron chi connectivity index (χ0n) is 20.4. The van der Waals surface area contributed by atoms with E-state index in [0.717, 1.165) is 60.6 Å². The van der Waals surface area contributed by atoms with Crippen LogP contribution in [-0.2, 0) is 4.74 Å². The fraction of sp³-hybridized carbons (Fsp3) is 0.276. The Hall–Kier alpha value is -3.19. The molecule has 1 fully saturated rings. The first-order valence-corrected chi connectivity index (χ1v) is 12.5. The summed E-state index contributed by atoms with van der Waals surface area (Å²) in [4.78, 5) is 15.7. The van der Waals surface area contributed by atoms with E-state index in [-0.39, 0.29) is 11.7 Å². The molecule has 5 rings (SSSR count). The van der Waals surface area contributed by atoms with Crippen molar-refractivity contribution in [2.45, 2.75) is 19.4 Å². The number of hydrogen-bond donors (Lipinski definition) is 1. The maximum absolute atomic E-state index is 13.6. The quantitative estimate of drug-likeness (QED) is 0.353. The Morgan fingerprint density at radius 2 is 1.75 bits per heavy atom. The highest BCUT2D eigenvalue weighted by Gasteiger charge is 2.26. The van der Waals surface area contributed by atoms with Gasteiger partial charge in [-0.15, -0.1) is 0 Å². The molecule has 7 heteroatoms. The summed E-state index contributed by atoms with van der Waals surface area (Å²) < 4.78 is 21.0. The molecule has 1 aliphatic heterocycles. The molecular formula is C29H29ClFN3O2. The molecule has 1 amide bonds. The summed E-state index contributed by atoms with van der Waals surface area (Å²) in [5, 5.41) is 4.72. The zero-order chi connectivity index (χ0) is 25.3. The largest absolute Gasteiger partial charge is 0.379 e. The van der Waals surface area contributed by atoms with Gasteiger partial charge in [-0.1, -0.05) is 29.8 Å². The lowest BCUT2D eigenvalue weighted by atomic mass is 10.0. The van der Waals surface area contributed by atoms with Gasteiger partial charge in [0.2, 0.25) is 0 Å². The van der Waals surface area contributed by atoms with Crippen LogP contribution in [0.4, 0.5) is 4.39 Å². The third-order valence-electron chi connectivity index (χ3n) is 6.51. The predicted molar refractivity (Wildman–Crippen MR) is 142 cm³/mol. The van der Waals surface area contributed by atoms with E-state index in [4.69, 9.17) is 16.3 Å². The van der Waals surface area contributed by atoms with Crippen LogP contribution in [0.25, 0.3) is 27.7 Å². The fourth-order valence-corrected chi connectivity index (χ4v) is 5.06. The molecule has 1 N–H and O–H groups in total. The average Bonchev–Trinajstić information content (AvgIpc) is 3.23. The highest BCUT2D eigenvalue weighted by molar-refractivity contribution is 6.33. The van der Waals surface area contributed by atoms with Crippen LogP contribution < -0.4 is 5.32 Å². The van der Waals surface area contributed by atoms with E-state index in [1.54, 1.807) is 12.1 Å². The van der Waals surface area contributed by atoms with Crippen LogP contribution >= 0.6 is 11.6 Å². The van der Waals surface area contributed by atoms with Gasteiger partial charge in [-0.2, -0.15) is 0 Å². The van der Waals surface area contributed by atoms with Crippen molar-refractivity contribution in [1.29, 1.82) is 0 Å². The number of amides is 1. The molecular weight excluding hydrogens is 477 g/mol. The molecule has 2 heterocycles. The lowest BCUT2D eigenvalue weighted by molar-refractivity contribution is 0.0269. The summed E-state index contributed by atoms with van der Waals surface area (Å²) in [5.41, 5.74) is 3.67. The smallest absolute Gasteiger partial charge is 0.251 e. The maximum atomic E-state index is 13.6. The van der Waals surface area contributed by atoms with Crippen molar-refractivity contribution in [1.82, 2.24) is 14.8 Å². The second-order valence-corrected chi connectivity index (χ2v) is 10.2. The van der Waals surface area contributed by atoms with Gasteiger partial charge >= 0.3 is 0 Å². The van der Waals surface area contributed by atoms with Crippen molar-refractivity contribution in [2.24, 2.45) is 0 Å². The lowest BCUT2D eigenvalue weighted by Crippen LogP contribution is -2.53. The van der Waals surface area contributed by atoms with Gasteiger partial charge in [-0.25, -0.2) is 4.39 Å². The second kappa shape index (κ2) is 10.1. The Bertz CT molecular complexity index is 1390. The number of nitrogens with one attached hydrogen (secondary N) is 1. The van der Waals surface area contributed by atoms with E-state index in [1.165, 1.54) is 12.1 Å². The monoisotopic (exact) mass is 505 g/mol. The number of morpholine rings is 1. The number of carbonyl (C=O) groups is 1. The third kappa shape index (κ3) is 5.16. The van der Waals surface area contributed by atoms with Crippen molar-refractivity contribution in [3.63, 3.8) is 0 Å². The molecule has 0 unspecified atom stereocenters. The predicted octanol–water partition coefficient (Wildman–Crippen LogP) is 5.93. The second-order valence-electron chi connectivity index (χ2n) is 9.83. The van der Waals surface area contributed by atoms with E-state index in [1.807, 2.05) is 67.1 Å². The number of rotatable bonds is 6. The molecule has 0 aliphatic carbocycles. The maximum Gasteiger partial charge on any atom is 0.251 e. The summed E-state index contributed by atoms with van der Waals surface area (Å²) in [5.74, 6) is -0.421. The van der Waals surface area contributed by atoms with Crippen LogP contribution in [0, 0.1) is 5.82 Å². The van der Waals surface area contributed by atoms with E-state index in [0.29, 0.717) is 10.6 Å². The van der Waals surface area contributed by atoms with Gasteiger partial charge in [-0.3, -0.25) is 9.69 Å². The van der Waals surface area contributed by atoms with Gasteiger partial charge < -0.3 is 14.6 Å². The minimum Gasteiger partial charge on any atom is -0.379 e. The first kappa shape index (κ1) is 24.5. The summed E-state index contributed by atoms with van der Waals surface area (Å²) >= 11 is 6.57. The Kier molecular flexibility index (Phi) is 6.84. The van der Waals surface area contributed by atoms with E-state index < -0.39 is 5.54 Å². The number of aromatic nitrogens is 1. The van der Waals surface area contributed by atoms with Gasteiger partial charge in [0, 0.05) is 64.2 Å². The minimum atomic E-state index is -0.408. The molecule has 1 aliphatic rings. The van der Waals surface area contributed by atoms with Gasteiger partial charge in [0.1, 0.15) is 5.82 Å². The molecule has 1 aromatic heterocycles. The molecule has 36 heavy (non-hydrogen) atoms. The molecule has 0 atom stereocenters. The van der Waals surface area contributed by atoms with Gasteiger partial charge in [0.25, 0.3) is 5.91 Å². The molecule has 3 aromatic carbocycles. The van der Waals surface area contributed by atoms with Gasteiger partial charge in [0.05, 0.1) is 18.7 Å². The van der Waals surface area contributed by atoms with E-state index >= 15 is 0 Å². The highest BCUT2D eigenvalue weighted by Crippen LogP contribution is 2.37. The standard InChI is InChI=1S/C29H29ClFN3O2/c1-29(2,19-33-13-15-36-16-14-33)32-28(35)20-7-12-27-24(17-20)25(23-5-3-4-6-26(23)30)18-34(27)22-10-8-21(31)9-11-22/h3-12,17-18H,13-16,19H2,1-2H3,(H,32,35). The summed E-state index contributed by atoms with van der Waals surface area (Å²) in [6.07, 6.45) is 1.99. The van der Waals surface area contributed by atoms with Crippen molar-refractivity contribution in [2.75, 3.05) is 32.8 Å². The van der Waals surface area contributed by atoms with Gasteiger partial charge in [0.15, 0.2) is 0 Å². The number of halogens is 2. The summed E-state index contributed by atoms with van der Waals surface area (Å²) in [7, 11) is 0. The topological polar surface area (TPSA) is 46.5 Å². The molecule has 5 nitrogen and oxygen atoms in total. The number of benzene rings is 3. The fourth-order valence-electron chi connectivity index (χ4n) is 4.82. The molecule has 1 saturated heterocycles. The Morgan fingerprint density at radius 3 is 2.47 bits per heavy atom. The molecule has 186 valence electrons. The number of carbonyl (C=O) groups excluding carboxylic acids is 1. The van der Waals surface area contributed by atoms with Crippen LogP contribution in [-0.4, -0.2) is 53.8 Å². The van der Waals surface area contributed by atoms with Crippen LogP contribution in [0.3, 0.4) is 0 Å². The molecule has 0 radical (unpaired) electrons. The minimum absolute atomic E-state index is 0.130. The zero-order valence-corrected chi connectivity index (χ0v) is 21.2. The first-order valence-electron chi connectivity index (χ1n) is 12.1. The van der Waals surface area contributed by atoms with Crippen molar-refractivity contribution in [3.8, 4) is 16.8 Å². The number of ether oxygens (including phenoxy) is 1. The first-order chi connectivity index (χ1) is 17.3. The molecule has 0 spiro atoms. The van der Waals surface area contributed by atoms with Gasteiger partial charge in [-0.05, 0) is 62.4 Å². The molecule has 0 saturated carbocycles. The van der Waals surface area contributed by atoms with Crippen molar-refractivity contribution in [3.05, 3.63) is 89.3 Å². The Morgan fingerprint density at radius 1 is 1.03 bits per heavy atom. The Labute approximate surface area is 215 Å². The average molecular weight is 506 g/mol. The van der Waals surface area contributed by atoms with E-state index in [2.05, 4.69) is 10.2 Å². The summed E-state index contributed by atoms with van der Waals surface area (Å²) in [6.45, 7) is 7.99.